The molecule has 0 fully saturated rings. The van der Waals surface area contributed by atoms with Gasteiger partial charge in [-0.2, -0.15) is 0 Å². The lowest BCUT2D eigenvalue weighted by Gasteiger charge is -2.24. The highest BCUT2D eigenvalue weighted by atomic mass is 16.3. The average molecular weight is 309 g/mol. The van der Waals surface area contributed by atoms with Crippen molar-refractivity contribution < 1.29 is 9.21 Å². The number of benzene rings is 1. The minimum absolute atomic E-state index is 0.0434. The number of fused-ring (bicyclic) bond motifs is 2. The van der Waals surface area contributed by atoms with Crippen LogP contribution in [0.1, 0.15) is 23.4 Å². The molecule has 0 bridgehead atoms. The summed E-state index contributed by atoms with van der Waals surface area (Å²) in [4.78, 5) is 16.7. The van der Waals surface area contributed by atoms with Crippen LogP contribution >= 0.6 is 0 Å². The van der Waals surface area contributed by atoms with Crippen LogP contribution in [0.25, 0.3) is 11.0 Å². The van der Waals surface area contributed by atoms with Gasteiger partial charge in [0, 0.05) is 42.4 Å². The minimum Gasteiger partial charge on any atom is -0.464 e. The van der Waals surface area contributed by atoms with E-state index in [0.29, 0.717) is 6.42 Å². The third-order valence-electron chi connectivity index (χ3n) is 4.46. The van der Waals surface area contributed by atoms with Crippen molar-refractivity contribution in [1.82, 2.24) is 14.9 Å². The number of nitrogens with zero attached hydrogens (tertiary/aromatic N) is 2. The summed E-state index contributed by atoms with van der Waals surface area (Å²) < 4.78 is 7.68. The summed E-state index contributed by atoms with van der Waals surface area (Å²) in [6.45, 7) is 2.83. The van der Waals surface area contributed by atoms with E-state index in [0.717, 1.165) is 47.3 Å². The molecule has 5 nitrogen and oxygen atoms in total. The summed E-state index contributed by atoms with van der Waals surface area (Å²) in [5.41, 5.74) is 2.94. The van der Waals surface area contributed by atoms with Gasteiger partial charge in [0.15, 0.2) is 0 Å². The van der Waals surface area contributed by atoms with Crippen molar-refractivity contribution in [2.24, 2.45) is 0 Å². The SMILES string of the molecule is Cc1ccc2c(CC(=O)NC3CCc4nccn4C3)coc2c1. The van der Waals surface area contributed by atoms with Crippen molar-refractivity contribution in [3.63, 3.8) is 0 Å². The van der Waals surface area contributed by atoms with Crippen LogP contribution in [-0.4, -0.2) is 21.5 Å². The highest BCUT2D eigenvalue weighted by Gasteiger charge is 2.21. The highest BCUT2D eigenvalue weighted by molar-refractivity contribution is 5.88. The Bertz CT molecular complexity index is 862. The van der Waals surface area contributed by atoms with E-state index in [2.05, 4.69) is 14.9 Å². The lowest BCUT2D eigenvalue weighted by atomic mass is 10.1. The summed E-state index contributed by atoms with van der Waals surface area (Å²) in [7, 11) is 0. The molecule has 1 amide bonds. The van der Waals surface area contributed by atoms with Crippen LogP contribution in [0.4, 0.5) is 0 Å². The van der Waals surface area contributed by atoms with Gasteiger partial charge in [-0.1, -0.05) is 12.1 Å². The molecule has 2 aromatic heterocycles. The number of hydrogen-bond acceptors (Lipinski definition) is 3. The predicted octanol–water partition coefficient (Wildman–Crippen LogP) is 2.61. The van der Waals surface area contributed by atoms with Gasteiger partial charge >= 0.3 is 0 Å². The van der Waals surface area contributed by atoms with Crippen molar-refractivity contribution >= 4 is 16.9 Å². The zero-order valence-electron chi connectivity index (χ0n) is 13.1. The van der Waals surface area contributed by atoms with Gasteiger partial charge in [0.25, 0.3) is 0 Å². The van der Waals surface area contributed by atoms with Gasteiger partial charge in [0.05, 0.1) is 12.7 Å². The van der Waals surface area contributed by atoms with Gasteiger partial charge < -0.3 is 14.3 Å². The van der Waals surface area contributed by atoms with E-state index in [-0.39, 0.29) is 11.9 Å². The van der Waals surface area contributed by atoms with Crippen molar-refractivity contribution in [2.75, 3.05) is 0 Å². The number of amides is 1. The number of hydrogen-bond donors (Lipinski definition) is 1. The number of carbonyl (C=O) groups excluding carboxylic acids is 1. The third kappa shape index (κ3) is 2.74. The second-order valence-electron chi connectivity index (χ2n) is 6.24. The predicted molar refractivity (Wildman–Crippen MR) is 87.1 cm³/mol. The Labute approximate surface area is 134 Å². The molecule has 0 saturated heterocycles. The molecule has 1 aliphatic rings. The standard InChI is InChI=1S/C18H19N3O2/c1-12-2-4-15-13(11-23-16(15)8-12)9-18(22)20-14-3-5-17-19-6-7-21(17)10-14/h2,4,6-8,11,14H,3,5,9-10H2,1H3,(H,20,22). The summed E-state index contributed by atoms with van der Waals surface area (Å²) in [5, 5.41) is 4.15. The lowest BCUT2D eigenvalue weighted by Crippen LogP contribution is -2.41. The van der Waals surface area contributed by atoms with Gasteiger partial charge in [-0.3, -0.25) is 4.79 Å². The number of carbonyl (C=O) groups is 1. The van der Waals surface area contributed by atoms with Gasteiger partial charge in [-0.25, -0.2) is 4.98 Å². The van der Waals surface area contributed by atoms with E-state index >= 15 is 0 Å². The minimum atomic E-state index is 0.0434. The van der Waals surface area contributed by atoms with E-state index in [4.69, 9.17) is 4.42 Å². The molecule has 1 N–H and O–H groups in total. The molecule has 1 aromatic carbocycles. The maximum atomic E-state index is 12.4. The van der Waals surface area contributed by atoms with Gasteiger partial charge in [0.2, 0.25) is 5.91 Å². The smallest absolute Gasteiger partial charge is 0.224 e. The van der Waals surface area contributed by atoms with Crippen LogP contribution < -0.4 is 5.32 Å². The zero-order valence-corrected chi connectivity index (χ0v) is 13.1. The van der Waals surface area contributed by atoms with Crippen LogP contribution in [-0.2, 0) is 24.2 Å². The molecule has 1 aliphatic heterocycles. The van der Waals surface area contributed by atoms with E-state index in [1.807, 2.05) is 37.5 Å². The molecule has 118 valence electrons. The molecular weight excluding hydrogens is 290 g/mol. The number of nitrogens with one attached hydrogen (secondary N) is 1. The third-order valence-corrected chi connectivity index (χ3v) is 4.46. The summed E-state index contributed by atoms with van der Waals surface area (Å²) in [5.74, 6) is 1.15. The molecule has 3 heterocycles. The van der Waals surface area contributed by atoms with Gasteiger partial charge in [0.1, 0.15) is 11.4 Å². The van der Waals surface area contributed by atoms with E-state index < -0.39 is 0 Å². The first kappa shape index (κ1) is 14.1. The largest absolute Gasteiger partial charge is 0.464 e. The van der Waals surface area contributed by atoms with Crippen LogP contribution in [0.5, 0.6) is 0 Å². The number of furan rings is 1. The first-order valence-electron chi connectivity index (χ1n) is 7.95. The van der Waals surface area contributed by atoms with Crippen molar-refractivity contribution in [2.45, 2.75) is 38.8 Å². The fraction of sp³-hybridized carbons (Fsp3) is 0.333. The second kappa shape index (κ2) is 5.57. The molecule has 1 unspecified atom stereocenters. The van der Waals surface area contributed by atoms with E-state index in [9.17, 15) is 4.79 Å². The molecule has 4 rings (SSSR count). The number of imidazole rings is 1. The molecule has 23 heavy (non-hydrogen) atoms. The van der Waals surface area contributed by atoms with Crippen LogP contribution in [0.15, 0.2) is 41.3 Å². The number of aromatic nitrogens is 2. The van der Waals surface area contributed by atoms with Crippen molar-refractivity contribution in [3.8, 4) is 0 Å². The van der Waals surface area contributed by atoms with Crippen molar-refractivity contribution in [1.29, 1.82) is 0 Å². The Morgan fingerprint density at radius 1 is 1.48 bits per heavy atom. The number of aryl methyl sites for hydroxylation is 2. The molecule has 0 saturated carbocycles. The Morgan fingerprint density at radius 2 is 2.39 bits per heavy atom. The summed E-state index contributed by atoms with van der Waals surface area (Å²) >= 11 is 0. The Morgan fingerprint density at radius 3 is 3.30 bits per heavy atom. The molecular formula is C18H19N3O2. The van der Waals surface area contributed by atoms with Crippen LogP contribution in [0.2, 0.25) is 0 Å². The van der Waals surface area contributed by atoms with E-state index in [1.165, 1.54) is 0 Å². The zero-order chi connectivity index (χ0) is 15.8. The summed E-state index contributed by atoms with van der Waals surface area (Å²) in [6, 6.07) is 6.23. The molecule has 3 aromatic rings. The second-order valence-corrected chi connectivity index (χ2v) is 6.24. The Balaban J connectivity index is 1.44. The molecule has 5 heteroatoms. The van der Waals surface area contributed by atoms with Gasteiger partial charge in [-0.15, -0.1) is 0 Å². The van der Waals surface area contributed by atoms with Crippen LogP contribution in [0, 0.1) is 6.92 Å². The van der Waals surface area contributed by atoms with E-state index in [1.54, 1.807) is 6.26 Å². The molecule has 0 radical (unpaired) electrons. The molecule has 0 aliphatic carbocycles. The fourth-order valence-electron chi connectivity index (χ4n) is 3.26. The lowest BCUT2D eigenvalue weighted by molar-refractivity contribution is -0.121. The van der Waals surface area contributed by atoms with Crippen molar-refractivity contribution in [3.05, 3.63) is 53.8 Å². The normalized spacial score (nSPS) is 17.2. The molecule has 1 atom stereocenters. The Kier molecular flexibility index (Phi) is 3.41. The molecule has 0 spiro atoms. The number of rotatable bonds is 3. The highest BCUT2D eigenvalue weighted by Crippen LogP contribution is 2.23. The maximum absolute atomic E-state index is 12.4. The maximum Gasteiger partial charge on any atom is 0.224 e. The topological polar surface area (TPSA) is 60.1 Å². The quantitative estimate of drug-likeness (QED) is 0.809. The Hall–Kier alpha value is -2.56. The first-order chi connectivity index (χ1) is 11.2. The monoisotopic (exact) mass is 309 g/mol. The fourth-order valence-corrected chi connectivity index (χ4v) is 3.26. The summed E-state index contributed by atoms with van der Waals surface area (Å²) in [6.07, 6.45) is 7.68. The van der Waals surface area contributed by atoms with Gasteiger partial charge in [-0.05, 0) is 25.0 Å². The first-order valence-corrected chi connectivity index (χ1v) is 7.95. The van der Waals surface area contributed by atoms with Crippen LogP contribution in [0.3, 0.4) is 0 Å². The average Bonchev–Trinajstić information content (AvgIpc) is 3.13.